The average Bonchev–Trinajstić information content (AvgIpc) is 2.86. The van der Waals surface area contributed by atoms with Crippen LogP contribution in [0.4, 0.5) is 18.9 Å². The van der Waals surface area contributed by atoms with Gasteiger partial charge in [0.15, 0.2) is 0 Å². The number of rotatable bonds is 3. The van der Waals surface area contributed by atoms with Crippen LogP contribution >= 0.6 is 11.6 Å². The minimum Gasteiger partial charge on any atom is -0.377 e. The quantitative estimate of drug-likeness (QED) is 0.835. The summed E-state index contributed by atoms with van der Waals surface area (Å²) in [7, 11) is 0. The first-order valence-corrected chi connectivity index (χ1v) is 8.98. The van der Waals surface area contributed by atoms with E-state index in [0.29, 0.717) is 23.6 Å². The SMILES string of the molecule is CC(Nc1c(Cl)ccc2c1CCN(C(=O)C(F)(F)F)CC2)c1ccncc1. The minimum absolute atomic E-state index is 0.00397. The number of aromatic nitrogens is 1. The highest BCUT2D eigenvalue weighted by molar-refractivity contribution is 6.33. The Balaban J connectivity index is 1.85. The van der Waals surface area contributed by atoms with Crippen molar-refractivity contribution >= 4 is 23.2 Å². The number of carbonyl (C=O) groups is 1. The smallest absolute Gasteiger partial charge is 0.377 e. The van der Waals surface area contributed by atoms with Crippen molar-refractivity contribution in [3.05, 3.63) is 58.4 Å². The van der Waals surface area contributed by atoms with Crippen molar-refractivity contribution in [1.82, 2.24) is 9.88 Å². The summed E-state index contributed by atoms with van der Waals surface area (Å²) in [5, 5.41) is 3.88. The number of hydrogen-bond donors (Lipinski definition) is 1. The van der Waals surface area contributed by atoms with Gasteiger partial charge in [-0.1, -0.05) is 17.7 Å². The standard InChI is InChI=1S/C19H19ClF3N3O/c1-12(13-4-8-24-9-5-13)25-17-15-7-11-26(18(27)19(21,22)23)10-6-14(15)2-3-16(17)20/h2-5,8-9,12,25H,6-7,10-11H2,1H3. The van der Waals surface area contributed by atoms with Gasteiger partial charge in [0, 0.05) is 31.5 Å². The summed E-state index contributed by atoms with van der Waals surface area (Å²) < 4.78 is 38.3. The van der Waals surface area contributed by atoms with E-state index in [0.717, 1.165) is 21.6 Å². The normalized spacial score (nSPS) is 15.7. The van der Waals surface area contributed by atoms with Gasteiger partial charge in [0.05, 0.1) is 10.7 Å². The van der Waals surface area contributed by atoms with Gasteiger partial charge in [0.1, 0.15) is 0 Å². The minimum atomic E-state index is -4.86. The maximum Gasteiger partial charge on any atom is 0.471 e. The van der Waals surface area contributed by atoms with Crippen molar-refractivity contribution in [2.75, 3.05) is 18.4 Å². The maximum absolute atomic E-state index is 12.8. The molecule has 4 nitrogen and oxygen atoms in total. The Kier molecular flexibility index (Phi) is 5.60. The van der Waals surface area contributed by atoms with Gasteiger partial charge in [-0.3, -0.25) is 9.78 Å². The number of alkyl halides is 3. The van der Waals surface area contributed by atoms with Gasteiger partial charge in [-0.15, -0.1) is 0 Å². The molecule has 0 radical (unpaired) electrons. The fourth-order valence-corrected chi connectivity index (χ4v) is 3.52. The van der Waals surface area contributed by atoms with E-state index in [1.54, 1.807) is 18.5 Å². The van der Waals surface area contributed by atoms with Gasteiger partial charge in [0.2, 0.25) is 0 Å². The molecule has 2 aromatic rings. The Bertz CT molecular complexity index is 827. The highest BCUT2D eigenvalue weighted by Gasteiger charge is 2.42. The molecule has 3 rings (SSSR count). The van der Waals surface area contributed by atoms with E-state index < -0.39 is 12.1 Å². The number of carbonyl (C=O) groups excluding carboxylic acids is 1. The van der Waals surface area contributed by atoms with Crippen LogP contribution < -0.4 is 5.32 Å². The van der Waals surface area contributed by atoms with E-state index in [1.165, 1.54) is 0 Å². The lowest BCUT2D eigenvalue weighted by atomic mass is 9.99. The summed E-state index contributed by atoms with van der Waals surface area (Å²) in [6.45, 7) is 2.01. The molecule has 0 saturated heterocycles. The van der Waals surface area contributed by atoms with Gasteiger partial charge in [-0.2, -0.15) is 13.2 Å². The number of nitrogens with zero attached hydrogens (tertiary/aromatic N) is 2. The van der Waals surface area contributed by atoms with E-state index in [4.69, 9.17) is 11.6 Å². The maximum atomic E-state index is 12.8. The first-order valence-electron chi connectivity index (χ1n) is 8.60. The molecule has 1 unspecified atom stereocenters. The number of fused-ring (bicyclic) bond motifs is 1. The molecule has 1 atom stereocenters. The second-order valence-electron chi connectivity index (χ2n) is 6.50. The number of amides is 1. The van der Waals surface area contributed by atoms with E-state index in [2.05, 4.69) is 10.3 Å². The largest absolute Gasteiger partial charge is 0.471 e. The summed E-state index contributed by atoms with van der Waals surface area (Å²) in [5.41, 5.74) is 3.49. The first-order chi connectivity index (χ1) is 12.8. The van der Waals surface area contributed by atoms with Gasteiger partial charge >= 0.3 is 12.1 Å². The Hall–Kier alpha value is -2.28. The molecule has 0 fully saturated rings. The second kappa shape index (κ2) is 7.76. The molecule has 0 bridgehead atoms. The van der Waals surface area contributed by atoms with Gasteiger partial charge in [-0.25, -0.2) is 0 Å². The molecular formula is C19H19ClF3N3O. The Morgan fingerprint density at radius 3 is 2.52 bits per heavy atom. The number of hydrogen-bond acceptors (Lipinski definition) is 3. The first kappa shape index (κ1) is 19.5. The molecule has 144 valence electrons. The number of anilines is 1. The van der Waals surface area contributed by atoms with Crippen LogP contribution in [0.1, 0.15) is 29.7 Å². The topological polar surface area (TPSA) is 45.2 Å². The Morgan fingerprint density at radius 1 is 1.19 bits per heavy atom. The lowest BCUT2D eigenvalue weighted by Crippen LogP contribution is -2.42. The van der Waals surface area contributed by atoms with Crippen LogP contribution in [0.3, 0.4) is 0 Å². The van der Waals surface area contributed by atoms with Crippen LogP contribution in [0.5, 0.6) is 0 Å². The summed E-state index contributed by atoms with van der Waals surface area (Å²) in [6.07, 6.45) is -0.802. The van der Waals surface area contributed by atoms with Gasteiger partial charge < -0.3 is 10.2 Å². The molecular weight excluding hydrogens is 379 g/mol. The third-order valence-electron chi connectivity index (χ3n) is 4.74. The predicted molar refractivity (Wildman–Crippen MR) is 97.8 cm³/mol. The molecule has 1 N–H and O–H groups in total. The van der Waals surface area contributed by atoms with Crippen LogP contribution in [-0.4, -0.2) is 35.1 Å². The van der Waals surface area contributed by atoms with Crippen molar-refractivity contribution in [3.8, 4) is 0 Å². The summed E-state index contributed by atoms with van der Waals surface area (Å²) in [6, 6.07) is 7.27. The number of nitrogens with one attached hydrogen (secondary N) is 1. The van der Waals surface area contributed by atoms with Gasteiger partial charge in [0.25, 0.3) is 0 Å². The lowest BCUT2D eigenvalue weighted by Gasteiger charge is -2.22. The number of benzene rings is 1. The van der Waals surface area contributed by atoms with Crippen LogP contribution in [0.2, 0.25) is 5.02 Å². The van der Waals surface area contributed by atoms with Crippen molar-refractivity contribution in [2.24, 2.45) is 0 Å². The van der Waals surface area contributed by atoms with E-state index in [-0.39, 0.29) is 19.1 Å². The fraction of sp³-hybridized carbons (Fsp3) is 0.368. The van der Waals surface area contributed by atoms with E-state index in [1.807, 2.05) is 25.1 Å². The predicted octanol–water partition coefficient (Wildman–Crippen LogP) is 4.40. The molecule has 1 aliphatic heterocycles. The second-order valence-corrected chi connectivity index (χ2v) is 6.90. The van der Waals surface area contributed by atoms with E-state index in [9.17, 15) is 18.0 Å². The molecule has 8 heteroatoms. The van der Waals surface area contributed by atoms with Crippen molar-refractivity contribution in [2.45, 2.75) is 32.0 Å². The van der Waals surface area contributed by atoms with Crippen LogP contribution in [-0.2, 0) is 17.6 Å². The zero-order valence-corrected chi connectivity index (χ0v) is 15.4. The average molecular weight is 398 g/mol. The van der Waals surface area contributed by atoms with Crippen molar-refractivity contribution < 1.29 is 18.0 Å². The lowest BCUT2D eigenvalue weighted by molar-refractivity contribution is -0.185. The fourth-order valence-electron chi connectivity index (χ4n) is 3.29. The van der Waals surface area contributed by atoms with E-state index >= 15 is 0 Å². The van der Waals surface area contributed by atoms with Gasteiger partial charge in [-0.05, 0) is 54.7 Å². The third-order valence-corrected chi connectivity index (χ3v) is 5.05. The Morgan fingerprint density at radius 2 is 1.85 bits per heavy atom. The molecule has 1 amide bonds. The molecule has 27 heavy (non-hydrogen) atoms. The molecule has 0 spiro atoms. The monoisotopic (exact) mass is 397 g/mol. The molecule has 1 aromatic carbocycles. The zero-order chi connectivity index (χ0) is 19.6. The molecule has 1 aromatic heterocycles. The molecule has 2 heterocycles. The Labute approximate surface area is 160 Å². The summed E-state index contributed by atoms with van der Waals surface area (Å²) >= 11 is 6.38. The van der Waals surface area contributed by atoms with Crippen LogP contribution in [0.15, 0.2) is 36.7 Å². The third kappa shape index (κ3) is 4.35. The number of pyridine rings is 1. The van der Waals surface area contributed by atoms with Crippen molar-refractivity contribution in [3.63, 3.8) is 0 Å². The highest BCUT2D eigenvalue weighted by Crippen LogP contribution is 2.34. The summed E-state index contributed by atoms with van der Waals surface area (Å²) in [4.78, 5) is 16.5. The molecule has 1 aliphatic rings. The molecule has 0 aliphatic carbocycles. The summed E-state index contributed by atoms with van der Waals surface area (Å²) in [5.74, 6) is -1.79. The van der Waals surface area contributed by atoms with Crippen molar-refractivity contribution in [1.29, 1.82) is 0 Å². The highest BCUT2D eigenvalue weighted by atomic mass is 35.5. The number of halogens is 4. The van der Waals surface area contributed by atoms with Crippen LogP contribution in [0.25, 0.3) is 0 Å². The van der Waals surface area contributed by atoms with Crippen LogP contribution in [0, 0.1) is 0 Å². The molecule has 0 saturated carbocycles. The zero-order valence-electron chi connectivity index (χ0n) is 14.7.